The van der Waals surface area contributed by atoms with Crippen molar-refractivity contribution < 1.29 is 31.1 Å². The first-order valence-corrected chi connectivity index (χ1v) is 11.4. The van der Waals surface area contributed by atoms with Crippen molar-refractivity contribution in [3.05, 3.63) is 53.6 Å². The average molecular weight is 483 g/mol. The number of hydrogen-bond acceptors (Lipinski definition) is 7. The molecule has 1 aliphatic heterocycles. The lowest BCUT2D eigenvalue weighted by atomic mass is 9.87. The van der Waals surface area contributed by atoms with Gasteiger partial charge in [-0.15, -0.1) is 0 Å². The minimum absolute atomic E-state index is 0.0102. The number of sulfonamides is 1. The summed E-state index contributed by atoms with van der Waals surface area (Å²) >= 11 is 0. The van der Waals surface area contributed by atoms with Gasteiger partial charge in [-0.05, 0) is 49.6 Å². The van der Waals surface area contributed by atoms with Gasteiger partial charge in [0.2, 0.25) is 16.0 Å². The summed E-state index contributed by atoms with van der Waals surface area (Å²) in [7, 11) is -2.56. The number of nitrogens with two attached hydrogens (primary N) is 1. The summed E-state index contributed by atoms with van der Waals surface area (Å²) in [6.45, 7) is -3.03. The minimum atomic E-state index is -3.85. The van der Waals surface area contributed by atoms with E-state index in [0.29, 0.717) is 6.42 Å². The number of hydrogen-bond donors (Lipinski definition) is 2. The molecular formula is C20H20F3N5O4S. The molecular weight excluding hydrogens is 463 g/mol. The molecule has 1 amide bonds. The Morgan fingerprint density at radius 1 is 1.33 bits per heavy atom. The van der Waals surface area contributed by atoms with Crippen LogP contribution in [0.15, 0.2) is 41.5 Å². The lowest BCUT2D eigenvalue weighted by Crippen LogP contribution is -2.55. The van der Waals surface area contributed by atoms with Crippen LogP contribution in [0.25, 0.3) is 0 Å². The van der Waals surface area contributed by atoms with Crippen LogP contribution in [0.2, 0.25) is 0 Å². The second-order valence-electron chi connectivity index (χ2n) is 7.69. The van der Waals surface area contributed by atoms with Crippen molar-refractivity contribution >= 4 is 27.6 Å². The Morgan fingerprint density at radius 2 is 2.09 bits per heavy atom. The van der Waals surface area contributed by atoms with Crippen LogP contribution in [0.1, 0.15) is 35.3 Å². The van der Waals surface area contributed by atoms with E-state index < -0.39 is 39.1 Å². The highest BCUT2D eigenvalue weighted by atomic mass is 32.2. The Balaban J connectivity index is 1.66. The summed E-state index contributed by atoms with van der Waals surface area (Å²) in [5.41, 5.74) is 4.54. The van der Waals surface area contributed by atoms with Gasteiger partial charge in [-0.3, -0.25) is 4.79 Å². The molecule has 1 aromatic heterocycles. The van der Waals surface area contributed by atoms with E-state index in [-0.39, 0.29) is 41.5 Å². The van der Waals surface area contributed by atoms with Crippen molar-refractivity contribution in [2.24, 2.45) is 10.7 Å². The van der Waals surface area contributed by atoms with Crippen LogP contribution in [0.4, 0.5) is 18.9 Å². The van der Waals surface area contributed by atoms with Crippen molar-refractivity contribution in [2.75, 3.05) is 12.4 Å². The van der Waals surface area contributed by atoms with Gasteiger partial charge in [0.25, 0.3) is 5.91 Å². The quantitative estimate of drug-likeness (QED) is 0.673. The minimum Gasteiger partial charge on any atom is -0.433 e. The van der Waals surface area contributed by atoms with Crippen LogP contribution >= 0.6 is 0 Å². The fourth-order valence-corrected chi connectivity index (χ4v) is 6.20. The Labute approximate surface area is 187 Å². The smallest absolute Gasteiger partial charge is 0.387 e. The zero-order valence-corrected chi connectivity index (χ0v) is 18.2. The van der Waals surface area contributed by atoms with E-state index in [2.05, 4.69) is 20.0 Å². The highest BCUT2D eigenvalue weighted by Crippen LogP contribution is 2.49. The lowest BCUT2D eigenvalue weighted by molar-refractivity contribution is -0.0500. The Bertz CT molecular complexity index is 1220. The molecule has 1 fully saturated rings. The number of ether oxygens (including phenoxy) is 1. The number of halogens is 3. The summed E-state index contributed by atoms with van der Waals surface area (Å²) < 4.78 is 70.5. The summed E-state index contributed by atoms with van der Waals surface area (Å²) in [5.74, 6) is -1.81. The third-order valence-electron chi connectivity index (χ3n) is 5.82. The van der Waals surface area contributed by atoms with Gasteiger partial charge in [-0.2, -0.15) is 8.78 Å². The first-order chi connectivity index (χ1) is 15.5. The molecule has 33 heavy (non-hydrogen) atoms. The average Bonchev–Trinajstić information content (AvgIpc) is 3.19. The maximum Gasteiger partial charge on any atom is 0.387 e. The van der Waals surface area contributed by atoms with E-state index in [4.69, 9.17) is 5.73 Å². The highest BCUT2D eigenvalue weighted by Gasteiger charge is 2.56. The third kappa shape index (κ3) is 3.96. The first kappa shape index (κ1) is 22.8. The molecule has 1 aliphatic carbocycles. The normalized spacial score (nSPS) is 23.7. The summed E-state index contributed by atoms with van der Waals surface area (Å²) in [5, 5.41) is 1.55. The van der Waals surface area contributed by atoms with Crippen LogP contribution in [0.5, 0.6) is 5.75 Å². The monoisotopic (exact) mass is 483 g/mol. The summed E-state index contributed by atoms with van der Waals surface area (Å²) in [6, 6.07) is 6.10. The number of nitrogens with one attached hydrogen (secondary N) is 1. The number of aromatic nitrogens is 1. The summed E-state index contributed by atoms with van der Waals surface area (Å²) in [4.78, 5) is 20.7. The van der Waals surface area contributed by atoms with Gasteiger partial charge < -0.3 is 15.8 Å². The molecule has 2 atom stereocenters. The number of fused-ring (bicyclic) bond motifs is 1. The largest absolute Gasteiger partial charge is 0.433 e. The number of amides is 1. The van der Waals surface area contributed by atoms with Gasteiger partial charge in [-0.1, -0.05) is 0 Å². The fourth-order valence-electron chi connectivity index (χ4n) is 4.26. The SMILES string of the molecule is CN1C(N)=N[C@@]2(c3cc(NC(=O)c4ccc(OC(F)F)cn4)ccc3F)CCC[C@H]2S1(=O)=O. The van der Waals surface area contributed by atoms with E-state index in [0.717, 1.165) is 22.6 Å². The lowest BCUT2D eigenvalue weighted by Gasteiger charge is -2.39. The standard InChI is InChI=1S/C20H20F3N5O4S/c1-28-19(24)27-20(8-2-3-16(20)33(28,30)31)13-9-11(4-6-14(13)21)26-17(29)15-7-5-12(10-25-15)32-18(22)23/h4-7,9-10,16,18H,2-3,8H2,1H3,(H2,24,27)(H,26,29)/t16-,20-/m1/s1. The molecule has 13 heteroatoms. The van der Waals surface area contributed by atoms with Crippen molar-refractivity contribution in [1.29, 1.82) is 0 Å². The van der Waals surface area contributed by atoms with E-state index in [9.17, 15) is 26.4 Å². The maximum absolute atomic E-state index is 15.0. The van der Waals surface area contributed by atoms with Crippen LogP contribution < -0.4 is 15.8 Å². The number of anilines is 1. The second kappa shape index (κ2) is 8.21. The number of nitrogens with zero attached hydrogens (tertiary/aromatic N) is 3. The molecule has 2 aliphatic rings. The number of aliphatic imine (C=N–C) groups is 1. The predicted octanol–water partition coefficient (Wildman–Crippen LogP) is 2.41. The van der Waals surface area contributed by atoms with Crippen LogP contribution in [0, 0.1) is 5.82 Å². The van der Waals surface area contributed by atoms with Gasteiger partial charge in [-0.25, -0.2) is 27.1 Å². The van der Waals surface area contributed by atoms with Gasteiger partial charge in [0.1, 0.15) is 28.0 Å². The number of carbonyl (C=O) groups is 1. The molecule has 1 aromatic carbocycles. The molecule has 2 heterocycles. The first-order valence-electron chi connectivity index (χ1n) is 9.90. The van der Waals surface area contributed by atoms with Crippen LogP contribution in [0.3, 0.4) is 0 Å². The molecule has 4 rings (SSSR count). The van der Waals surface area contributed by atoms with Crippen LogP contribution in [-0.2, 0) is 15.6 Å². The van der Waals surface area contributed by atoms with E-state index >= 15 is 0 Å². The van der Waals surface area contributed by atoms with E-state index in [1.54, 1.807) is 0 Å². The molecule has 0 saturated heterocycles. The van der Waals surface area contributed by atoms with E-state index in [1.165, 1.54) is 25.2 Å². The molecule has 2 aromatic rings. The zero-order valence-electron chi connectivity index (χ0n) is 17.3. The number of carbonyl (C=O) groups excluding carboxylic acids is 1. The third-order valence-corrected chi connectivity index (χ3v) is 8.11. The van der Waals surface area contributed by atoms with Gasteiger partial charge in [0, 0.05) is 18.3 Å². The van der Waals surface area contributed by atoms with Gasteiger partial charge >= 0.3 is 6.61 Å². The maximum atomic E-state index is 15.0. The van der Waals surface area contributed by atoms with Gasteiger partial charge in [0.15, 0.2) is 0 Å². The molecule has 176 valence electrons. The highest BCUT2D eigenvalue weighted by molar-refractivity contribution is 7.90. The molecule has 1 saturated carbocycles. The van der Waals surface area contributed by atoms with Gasteiger partial charge in [0.05, 0.1) is 6.20 Å². The van der Waals surface area contributed by atoms with Crippen LogP contribution in [-0.4, -0.2) is 48.5 Å². The Morgan fingerprint density at radius 3 is 2.76 bits per heavy atom. The molecule has 3 N–H and O–H groups in total. The topological polar surface area (TPSA) is 127 Å². The van der Waals surface area contributed by atoms with Crippen molar-refractivity contribution in [2.45, 2.75) is 36.7 Å². The summed E-state index contributed by atoms with van der Waals surface area (Å²) in [6.07, 6.45) is 2.03. The second-order valence-corrected chi connectivity index (χ2v) is 9.84. The zero-order chi connectivity index (χ0) is 24.0. The molecule has 0 bridgehead atoms. The number of rotatable bonds is 5. The van der Waals surface area contributed by atoms with Crippen molar-refractivity contribution in [3.63, 3.8) is 0 Å². The number of guanidine groups is 1. The number of benzene rings is 1. The number of pyridine rings is 1. The molecule has 0 radical (unpaired) electrons. The van der Waals surface area contributed by atoms with Crippen molar-refractivity contribution in [1.82, 2.24) is 9.29 Å². The fraction of sp³-hybridized carbons (Fsp3) is 0.350. The molecule has 0 spiro atoms. The Hall–Kier alpha value is -3.35. The molecule has 9 nitrogen and oxygen atoms in total. The predicted molar refractivity (Wildman–Crippen MR) is 113 cm³/mol. The number of alkyl halides is 2. The van der Waals surface area contributed by atoms with E-state index in [1.807, 2.05) is 0 Å². The Kier molecular flexibility index (Phi) is 5.68. The molecule has 0 unspecified atom stereocenters. The van der Waals surface area contributed by atoms with Crippen molar-refractivity contribution in [3.8, 4) is 5.75 Å².